The Labute approximate surface area is 189 Å². The Hall–Kier alpha value is -3.90. The zero-order valence-corrected chi connectivity index (χ0v) is 17.9. The highest BCUT2D eigenvalue weighted by Crippen LogP contribution is 2.27. The highest BCUT2D eigenvalue weighted by atomic mass is 35.5. The van der Waals surface area contributed by atoms with Crippen molar-refractivity contribution in [3.63, 3.8) is 0 Å². The van der Waals surface area contributed by atoms with Crippen LogP contribution in [0.3, 0.4) is 0 Å². The van der Waals surface area contributed by atoms with Crippen molar-refractivity contribution < 1.29 is 19.1 Å². The molecule has 0 radical (unpaired) electrons. The number of carbonyl (C=O) groups excluding carboxylic acids is 2. The lowest BCUT2D eigenvalue weighted by molar-refractivity contribution is -0.119. The Balaban J connectivity index is 1.56. The SMILES string of the molecule is COc1ccc(-c2cc(C(=O)OCC(=O)Nc3cccc(Cl)c3)c3ccccc3n2)cc1. The quantitative estimate of drug-likeness (QED) is 0.403. The molecule has 0 aliphatic carbocycles. The molecule has 4 rings (SSSR count). The van der Waals surface area contributed by atoms with Crippen molar-refractivity contribution in [3.8, 4) is 17.0 Å². The predicted molar refractivity (Wildman–Crippen MR) is 124 cm³/mol. The van der Waals surface area contributed by atoms with Crippen LogP contribution in [0.1, 0.15) is 10.4 Å². The maximum atomic E-state index is 12.9. The highest BCUT2D eigenvalue weighted by Gasteiger charge is 2.17. The molecule has 0 bridgehead atoms. The van der Waals surface area contributed by atoms with Crippen molar-refractivity contribution in [3.05, 3.63) is 89.4 Å². The van der Waals surface area contributed by atoms with Gasteiger partial charge < -0.3 is 14.8 Å². The Bertz CT molecular complexity index is 1290. The van der Waals surface area contributed by atoms with Gasteiger partial charge in [-0.15, -0.1) is 0 Å². The fourth-order valence-corrected chi connectivity index (χ4v) is 3.42. The Morgan fingerprint density at radius 3 is 2.50 bits per heavy atom. The monoisotopic (exact) mass is 446 g/mol. The maximum absolute atomic E-state index is 12.9. The lowest BCUT2D eigenvalue weighted by Gasteiger charge is -2.11. The number of methoxy groups -OCH3 is 1. The first-order chi connectivity index (χ1) is 15.5. The van der Waals surface area contributed by atoms with E-state index in [-0.39, 0.29) is 0 Å². The zero-order valence-electron chi connectivity index (χ0n) is 17.2. The van der Waals surface area contributed by atoms with Crippen LogP contribution < -0.4 is 10.1 Å². The van der Waals surface area contributed by atoms with E-state index in [9.17, 15) is 9.59 Å². The van der Waals surface area contributed by atoms with Crippen molar-refractivity contribution in [2.75, 3.05) is 19.0 Å². The van der Waals surface area contributed by atoms with Crippen LogP contribution in [0.2, 0.25) is 5.02 Å². The van der Waals surface area contributed by atoms with Crippen LogP contribution in [0.5, 0.6) is 5.75 Å². The van der Waals surface area contributed by atoms with Gasteiger partial charge in [-0.05, 0) is 54.6 Å². The number of esters is 1. The minimum Gasteiger partial charge on any atom is -0.497 e. The van der Waals surface area contributed by atoms with Gasteiger partial charge in [0.1, 0.15) is 5.75 Å². The number of benzene rings is 3. The average molecular weight is 447 g/mol. The Morgan fingerprint density at radius 1 is 0.969 bits per heavy atom. The Morgan fingerprint density at radius 2 is 1.75 bits per heavy atom. The van der Waals surface area contributed by atoms with E-state index in [4.69, 9.17) is 21.1 Å². The van der Waals surface area contributed by atoms with Crippen molar-refractivity contribution in [2.24, 2.45) is 0 Å². The van der Waals surface area contributed by atoms with Crippen molar-refractivity contribution >= 4 is 40.1 Å². The second-order valence-electron chi connectivity index (χ2n) is 6.94. The summed E-state index contributed by atoms with van der Waals surface area (Å²) in [5, 5.41) is 3.79. The number of fused-ring (bicyclic) bond motifs is 1. The summed E-state index contributed by atoms with van der Waals surface area (Å²) in [6.45, 7) is -0.431. The number of carbonyl (C=O) groups is 2. The minimum atomic E-state index is -0.611. The van der Waals surface area contributed by atoms with Crippen LogP contribution in [0.25, 0.3) is 22.2 Å². The molecule has 1 aromatic heterocycles. The normalized spacial score (nSPS) is 10.6. The standard InChI is InChI=1S/C25H19ClN2O4/c1-31-19-11-9-16(10-12-19)23-14-21(20-7-2-3-8-22(20)28-23)25(30)32-15-24(29)27-18-6-4-5-17(26)13-18/h2-14H,15H2,1H3,(H,27,29). The van der Waals surface area contributed by atoms with Crippen LogP contribution in [-0.4, -0.2) is 30.6 Å². The second kappa shape index (κ2) is 9.49. The van der Waals surface area contributed by atoms with Crippen molar-refractivity contribution in [1.29, 1.82) is 0 Å². The number of pyridine rings is 1. The average Bonchev–Trinajstić information content (AvgIpc) is 2.82. The van der Waals surface area contributed by atoms with Crippen LogP contribution in [-0.2, 0) is 9.53 Å². The molecule has 1 amide bonds. The molecule has 7 heteroatoms. The zero-order chi connectivity index (χ0) is 22.5. The third-order valence-corrected chi connectivity index (χ3v) is 5.00. The van der Waals surface area contributed by atoms with E-state index in [1.807, 2.05) is 42.5 Å². The van der Waals surface area contributed by atoms with E-state index < -0.39 is 18.5 Å². The van der Waals surface area contributed by atoms with Gasteiger partial charge >= 0.3 is 5.97 Å². The molecular weight excluding hydrogens is 428 g/mol. The number of hydrogen-bond donors (Lipinski definition) is 1. The smallest absolute Gasteiger partial charge is 0.339 e. The summed E-state index contributed by atoms with van der Waals surface area (Å²) in [6.07, 6.45) is 0. The number of aromatic nitrogens is 1. The highest BCUT2D eigenvalue weighted by molar-refractivity contribution is 6.30. The number of nitrogens with zero attached hydrogens (tertiary/aromatic N) is 1. The molecular formula is C25H19ClN2O4. The van der Waals surface area contributed by atoms with Gasteiger partial charge in [-0.1, -0.05) is 35.9 Å². The molecule has 0 saturated heterocycles. The van der Waals surface area contributed by atoms with E-state index in [1.165, 1.54) is 0 Å². The molecule has 0 fully saturated rings. The third kappa shape index (κ3) is 4.87. The molecule has 0 unspecified atom stereocenters. The summed E-state index contributed by atoms with van der Waals surface area (Å²) >= 11 is 5.92. The third-order valence-electron chi connectivity index (χ3n) is 4.76. The van der Waals surface area contributed by atoms with E-state index >= 15 is 0 Å². The second-order valence-corrected chi connectivity index (χ2v) is 7.37. The number of ether oxygens (including phenoxy) is 2. The molecule has 0 aliphatic heterocycles. The molecule has 0 aliphatic rings. The first-order valence-corrected chi connectivity index (χ1v) is 10.2. The van der Waals surface area contributed by atoms with Gasteiger partial charge in [0.25, 0.3) is 5.91 Å². The summed E-state index contributed by atoms with van der Waals surface area (Å²) in [5.74, 6) is -0.353. The number of amides is 1. The fourth-order valence-electron chi connectivity index (χ4n) is 3.23. The van der Waals surface area contributed by atoms with Gasteiger partial charge in [0, 0.05) is 21.7 Å². The maximum Gasteiger partial charge on any atom is 0.339 e. The molecule has 0 atom stereocenters. The van der Waals surface area contributed by atoms with Crippen LogP contribution in [0, 0.1) is 0 Å². The largest absolute Gasteiger partial charge is 0.497 e. The molecule has 1 heterocycles. The van der Waals surface area contributed by atoms with Crippen LogP contribution in [0.15, 0.2) is 78.9 Å². The topological polar surface area (TPSA) is 77.5 Å². The molecule has 0 saturated carbocycles. The summed E-state index contributed by atoms with van der Waals surface area (Å²) < 4.78 is 10.5. The Kier molecular flexibility index (Phi) is 6.33. The number of para-hydroxylation sites is 1. The molecule has 4 aromatic rings. The van der Waals surface area contributed by atoms with E-state index in [0.29, 0.717) is 32.9 Å². The molecule has 3 aromatic carbocycles. The number of halogens is 1. The van der Waals surface area contributed by atoms with E-state index in [2.05, 4.69) is 10.3 Å². The van der Waals surface area contributed by atoms with Gasteiger partial charge in [-0.2, -0.15) is 0 Å². The summed E-state index contributed by atoms with van der Waals surface area (Å²) in [6, 6.07) is 23.1. The summed E-state index contributed by atoms with van der Waals surface area (Å²) in [7, 11) is 1.60. The lowest BCUT2D eigenvalue weighted by Crippen LogP contribution is -2.21. The predicted octanol–water partition coefficient (Wildman–Crippen LogP) is 5.36. The number of rotatable bonds is 6. The van der Waals surface area contributed by atoms with E-state index in [0.717, 1.165) is 11.3 Å². The summed E-state index contributed by atoms with van der Waals surface area (Å²) in [5.41, 5.74) is 2.94. The van der Waals surface area contributed by atoms with Crippen LogP contribution in [0.4, 0.5) is 5.69 Å². The lowest BCUT2D eigenvalue weighted by atomic mass is 10.0. The number of nitrogens with one attached hydrogen (secondary N) is 1. The van der Waals surface area contributed by atoms with Gasteiger partial charge in [0.2, 0.25) is 0 Å². The molecule has 32 heavy (non-hydrogen) atoms. The van der Waals surface area contributed by atoms with Gasteiger partial charge in [-0.25, -0.2) is 9.78 Å². The molecule has 1 N–H and O–H groups in total. The molecule has 6 nitrogen and oxygen atoms in total. The van der Waals surface area contributed by atoms with Gasteiger partial charge in [-0.3, -0.25) is 4.79 Å². The van der Waals surface area contributed by atoms with Gasteiger partial charge in [0.15, 0.2) is 6.61 Å². The molecule has 0 spiro atoms. The summed E-state index contributed by atoms with van der Waals surface area (Å²) in [4.78, 5) is 29.8. The van der Waals surface area contributed by atoms with Crippen LogP contribution >= 0.6 is 11.6 Å². The van der Waals surface area contributed by atoms with E-state index in [1.54, 1.807) is 43.5 Å². The molecule has 160 valence electrons. The van der Waals surface area contributed by atoms with Crippen molar-refractivity contribution in [2.45, 2.75) is 0 Å². The van der Waals surface area contributed by atoms with Gasteiger partial charge in [0.05, 0.1) is 23.9 Å². The fraction of sp³-hybridized carbons (Fsp3) is 0.0800. The number of anilines is 1. The first kappa shape index (κ1) is 21.3. The first-order valence-electron chi connectivity index (χ1n) is 9.80. The van der Waals surface area contributed by atoms with Crippen molar-refractivity contribution in [1.82, 2.24) is 4.98 Å². The number of hydrogen-bond acceptors (Lipinski definition) is 5. The minimum absolute atomic E-state index is 0.331.